The van der Waals surface area contributed by atoms with Crippen LogP contribution in [-0.4, -0.2) is 14.8 Å². The van der Waals surface area contributed by atoms with Gasteiger partial charge in [0.05, 0.1) is 12.2 Å². The molecule has 0 saturated carbocycles. The van der Waals surface area contributed by atoms with Crippen molar-refractivity contribution in [1.29, 1.82) is 0 Å². The zero-order valence-corrected chi connectivity index (χ0v) is 9.07. The summed E-state index contributed by atoms with van der Waals surface area (Å²) < 4.78 is 1.69. The molecule has 0 aliphatic carbocycles. The maximum Gasteiger partial charge on any atom is 0.145 e. The fraction of sp³-hybridized carbons (Fsp3) is 0.200. The third-order valence-electron chi connectivity index (χ3n) is 2.20. The number of rotatable bonds is 2. The molecule has 0 radical (unpaired) electrons. The van der Waals surface area contributed by atoms with Crippen LogP contribution in [0.15, 0.2) is 24.5 Å². The summed E-state index contributed by atoms with van der Waals surface area (Å²) in [5.41, 5.74) is 7.46. The summed E-state index contributed by atoms with van der Waals surface area (Å²) in [6.45, 7) is 2.31. The molecule has 0 bridgehead atoms. The van der Waals surface area contributed by atoms with Crippen molar-refractivity contribution in [2.24, 2.45) is 5.73 Å². The molecular weight excluding hydrogens is 212 g/mol. The number of hydrogen-bond acceptors (Lipinski definition) is 3. The largest absolute Gasteiger partial charge is 0.324 e. The smallest absolute Gasteiger partial charge is 0.145 e. The number of hydrogen-bond donors (Lipinski definition) is 1. The van der Waals surface area contributed by atoms with E-state index in [0.717, 1.165) is 17.1 Å². The topological polar surface area (TPSA) is 56.7 Å². The zero-order chi connectivity index (χ0) is 10.8. The van der Waals surface area contributed by atoms with E-state index in [0.29, 0.717) is 11.6 Å². The lowest BCUT2D eigenvalue weighted by Crippen LogP contribution is -2.08. The van der Waals surface area contributed by atoms with E-state index in [2.05, 4.69) is 10.1 Å². The molecule has 4 nitrogen and oxygen atoms in total. The Hall–Kier alpha value is -1.39. The Morgan fingerprint density at radius 1 is 1.47 bits per heavy atom. The Bertz CT molecular complexity index is 478. The summed E-state index contributed by atoms with van der Waals surface area (Å²) in [7, 11) is 0. The van der Waals surface area contributed by atoms with Gasteiger partial charge in [-0.1, -0.05) is 17.7 Å². The van der Waals surface area contributed by atoms with Crippen LogP contribution in [0.4, 0.5) is 0 Å². The van der Waals surface area contributed by atoms with Crippen molar-refractivity contribution in [3.05, 3.63) is 40.9 Å². The van der Waals surface area contributed by atoms with Gasteiger partial charge in [-0.3, -0.25) is 0 Å². The second kappa shape index (κ2) is 4.00. The van der Waals surface area contributed by atoms with Crippen LogP contribution >= 0.6 is 11.6 Å². The van der Waals surface area contributed by atoms with E-state index in [1.165, 1.54) is 6.33 Å². The molecule has 0 amide bonds. The van der Waals surface area contributed by atoms with E-state index in [9.17, 15) is 0 Å². The first-order chi connectivity index (χ1) is 7.22. The molecule has 0 aliphatic heterocycles. The van der Waals surface area contributed by atoms with Crippen LogP contribution in [0.25, 0.3) is 5.69 Å². The van der Waals surface area contributed by atoms with Crippen LogP contribution in [0.1, 0.15) is 11.4 Å². The van der Waals surface area contributed by atoms with Crippen LogP contribution in [-0.2, 0) is 6.54 Å². The summed E-state index contributed by atoms with van der Waals surface area (Å²) in [5.74, 6) is 0.718. The standard InChI is InChI=1S/C10H11ClN4/c1-7-2-3-8(4-9(7)11)15-10(5-12)13-6-14-15/h2-4,6H,5,12H2,1H3. The average Bonchev–Trinajstić information content (AvgIpc) is 2.70. The van der Waals surface area contributed by atoms with Crippen LogP contribution in [0.3, 0.4) is 0 Å². The third kappa shape index (κ3) is 1.86. The lowest BCUT2D eigenvalue weighted by molar-refractivity contribution is 0.789. The monoisotopic (exact) mass is 222 g/mol. The summed E-state index contributed by atoms with van der Waals surface area (Å²) in [5, 5.41) is 4.81. The summed E-state index contributed by atoms with van der Waals surface area (Å²) in [4.78, 5) is 4.05. The highest BCUT2D eigenvalue weighted by Gasteiger charge is 2.05. The molecule has 0 unspecified atom stereocenters. The molecule has 0 atom stereocenters. The molecule has 15 heavy (non-hydrogen) atoms. The van der Waals surface area contributed by atoms with Gasteiger partial charge in [0.1, 0.15) is 12.2 Å². The second-order valence-electron chi connectivity index (χ2n) is 3.23. The van der Waals surface area contributed by atoms with Crippen molar-refractivity contribution in [3.8, 4) is 5.69 Å². The molecule has 78 valence electrons. The summed E-state index contributed by atoms with van der Waals surface area (Å²) >= 11 is 6.03. The second-order valence-corrected chi connectivity index (χ2v) is 3.63. The minimum Gasteiger partial charge on any atom is -0.324 e. The molecule has 0 fully saturated rings. The fourth-order valence-electron chi connectivity index (χ4n) is 1.33. The molecule has 0 saturated heterocycles. The quantitative estimate of drug-likeness (QED) is 0.841. The normalized spacial score (nSPS) is 10.6. The van der Waals surface area contributed by atoms with Gasteiger partial charge in [0.2, 0.25) is 0 Å². The molecular formula is C10H11ClN4. The first kappa shape index (κ1) is 10.1. The molecule has 2 N–H and O–H groups in total. The first-order valence-electron chi connectivity index (χ1n) is 4.58. The van der Waals surface area contributed by atoms with E-state index in [-0.39, 0.29) is 0 Å². The molecule has 0 aliphatic rings. The Morgan fingerprint density at radius 2 is 2.27 bits per heavy atom. The first-order valence-corrected chi connectivity index (χ1v) is 4.95. The average molecular weight is 223 g/mol. The number of aryl methyl sites for hydroxylation is 1. The maximum atomic E-state index is 6.03. The van der Waals surface area contributed by atoms with E-state index in [1.807, 2.05) is 25.1 Å². The number of nitrogens with zero attached hydrogens (tertiary/aromatic N) is 3. The zero-order valence-electron chi connectivity index (χ0n) is 8.31. The summed E-state index contributed by atoms with van der Waals surface area (Å²) in [6, 6.07) is 5.74. The van der Waals surface area contributed by atoms with Gasteiger partial charge in [-0.2, -0.15) is 5.10 Å². The van der Waals surface area contributed by atoms with Crippen molar-refractivity contribution in [2.75, 3.05) is 0 Å². The third-order valence-corrected chi connectivity index (χ3v) is 2.61. The van der Waals surface area contributed by atoms with Crippen molar-refractivity contribution in [2.45, 2.75) is 13.5 Å². The van der Waals surface area contributed by atoms with E-state index < -0.39 is 0 Å². The van der Waals surface area contributed by atoms with E-state index in [4.69, 9.17) is 17.3 Å². The van der Waals surface area contributed by atoms with Crippen molar-refractivity contribution < 1.29 is 0 Å². The molecule has 1 aromatic heterocycles. The van der Waals surface area contributed by atoms with Gasteiger partial charge in [0.15, 0.2) is 0 Å². The van der Waals surface area contributed by atoms with Gasteiger partial charge in [-0.15, -0.1) is 0 Å². The minimum atomic E-state index is 0.353. The van der Waals surface area contributed by atoms with Gasteiger partial charge in [-0.05, 0) is 24.6 Å². The maximum absolute atomic E-state index is 6.03. The van der Waals surface area contributed by atoms with Crippen molar-refractivity contribution >= 4 is 11.6 Å². The van der Waals surface area contributed by atoms with Crippen LogP contribution < -0.4 is 5.73 Å². The molecule has 2 aromatic rings. The Labute approximate surface area is 92.7 Å². The van der Waals surface area contributed by atoms with Gasteiger partial charge >= 0.3 is 0 Å². The predicted molar refractivity (Wildman–Crippen MR) is 59.0 cm³/mol. The fourth-order valence-corrected chi connectivity index (χ4v) is 1.51. The van der Waals surface area contributed by atoms with Crippen molar-refractivity contribution in [3.63, 3.8) is 0 Å². The van der Waals surface area contributed by atoms with E-state index in [1.54, 1.807) is 4.68 Å². The minimum absolute atomic E-state index is 0.353. The number of halogens is 1. The predicted octanol–water partition coefficient (Wildman–Crippen LogP) is 1.69. The molecule has 2 rings (SSSR count). The summed E-state index contributed by atoms with van der Waals surface area (Å²) in [6.07, 6.45) is 1.48. The highest BCUT2D eigenvalue weighted by molar-refractivity contribution is 6.31. The van der Waals surface area contributed by atoms with Crippen LogP contribution in [0, 0.1) is 6.92 Å². The molecule has 1 heterocycles. The van der Waals surface area contributed by atoms with E-state index >= 15 is 0 Å². The van der Waals surface area contributed by atoms with Gasteiger partial charge in [-0.25, -0.2) is 9.67 Å². The molecule has 0 spiro atoms. The Kier molecular flexibility index (Phi) is 2.70. The number of nitrogens with two attached hydrogens (primary N) is 1. The lowest BCUT2D eigenvalue weighted by atomic mass is 10.2. The van der Waals surface area contributed by atoms with Gasteiger partial charge in [0, 0.05) is 5.02 Å². The highest BCUT2D eigenvalue weighted by atomic mass is 35.5. The molecule has 5 heteroatoms. The molecule has 1 aromatic carbocycles. The number of benzene rings is 1. The highest BCUT2D eigenvalue weighted by Crippen LogP contribution is 2.19. The van der Waals surface area contributed by atoms with Gasteiger partial charge < -0.3 is 5.73 Å². The lowest BCUT2D eigenvalue weighted by Gasteiger charge is -2.05. The Balaban J connectivity index is 2.50. The van der Waals surface area contributed by atoms with Crippen LogP contribution in [0.2, 0.25) is 5.02 Å². The van der Waals surface area contributed by atoms with Crippen molar-refractivity contribution in [1.82, 2.24) is 14.8 Å². The van der Waals surface area contributed by atoms with Gasteiger partial charge in [0.25, 0.3) is 0 Å². The number of aromatic nitrogens is 3. The SMILES string of the molecule is Cc1ccc(-n2ncnc2CN)cc1Cl. The van der Waals surface area contributed by atoms with Crippen LogP contribution in [0.5, 0.6) is 0 Å². The Morgan fingerprint density at radius 3 is 2.93 bits per heavy atom.